The number of ether oxygens (including phenoxy) is 1. The van der Waals surface area contributed by atoms with Crippen molar-refractivity contribution in [3.8, 4) is 0 Å². The van der Waals surface area contributed by atoms with Crippen molar-refractivity contribution >= 4 is 5.97 Å². The Bertz CT molecular complexity index is 244. The summed E-state index contributed by atoms with van der Waals surface area (Å²) < 4.78 is 31.4. The largest absolute Gasteiger partial charge is 0.462 e. The molecule has 0 spiro atoms. The lowest BCUT2D eigenvalue weighted by Crippen LogP contribution is -2.09. The van der Waals surface area contributed by atoms with Gasteiger partial charge in [0.05, 0.1) is 6.61 Å². The number of carbonyl (C=O) groups is 1. The van der Waals surface area contributed by atoms with Gasteiger partial charge < -0.3 is 4.74 Å². The molecule has 0 aromatic rings. The van der Waals surface area contributed by atoms with Gasteiger partial charge in [0.25, 0.3) is 0 Å². The van der Waals surface area contributed by atoms with E-state index in [0.717, 1.165) is 25.3 Å². The zero-order chi connectivity index (χ0) is 14.5. The second-order valence-electron chi connectivity index (χ2n) is 4.78. The summed E-state index contributed by atoms with van der Waals surface area (Å²) in [6.45, 7) is 5.39. The molecule has 0 rings (SSSR count). The first-order valence-electron chi connectivity index (χ1n) is 7.17. The third kappa shape index (κ3) is 11.9. The molecule has 0 saturated carbocycles. The molecular formula is C15H26F2O2. The normalized spacial score (nSPS) is 13.8. The molecular weight excluding hydrogens is 250 g/mol. The van der Waals surface area contributed by atoms with Crippen molar-refractivity contribution in [2.24, 2.45) is 0 Å². The molecule has 0 radical (unpaired) electrons. The summed E-state index contributed by atoms with van der Waals surface area (Å²) in [5.41, 5.74) is 0. The quantitative estimate of drug-likeness (QED) is 0.297. The molecule has 0 amide bonds. The number of rotatable bonds is 12. The fourth-order valence-corrected chi connectivity index (χ4v) is 1.81. The van der Waals surface area contributed by atoms with Crippen LogP contribution in [0, 0.1) is 0 Å². The summed E-state index contributed by atoms with van der Waals surface area (Å²) in [6, 6.07) is 0. The number of halogens is 2. The molecule has 0 aliphatic heterocycles. The molecule has 0 aromatic heterocycles. The summed E-state index contributed by atoms with van der Waals surface area (Å²) >= 11 is 0. The Morgan fingerprint density at radius 2 is 1.68 bits per heavy atom. The lowest BCUT2D eigenvalue weighted by atomic mass is 10.0. The number of carbonyl (C=O) groups excluding carboxylic acids is 1. The van der Waals surface area contributed by atoms with Crippen LogP contribution in [0.3, 0.4) is 0 Å². The SMILES string of the molecule is C=CC(=O)OCCC(F)CCCC(F)CCCCC. The molecule has 2 nitrogen and oxygen atoms in total. The van der Waals surface area contributed by atoms with Gasteiger partial charge in [0.2, 0.25) is 0 Å². The molecule has 2 atom stereocenters. The van der Waals surface area contributed by atoms with Crippen LogP contribution in [0.4, 0.5) is 8.78 Å². The molecule has 0 N–H and O–H groups in total. The maximum atomic E-state index is 13.4. The van der Waals surface area contributed by atoms with E-state index in [-0.39, 0.29) is 13.0 Å². The molecule has 112 valence electrons. The summed E-state index contributed by atoms with van der Waals surface area (Å²) in [6.07, 6.45) is 4.33. The van der Waals surface area contributed by atoms with Crippen molar-refractivity contribution in [3.63, 3.8) is 0 Å². The van der Waals surface area contributed by atoms with Gasteiger partial charge in [0.1, 0.15) is 12.3 Å². The van der Waals surface area contributed by atoms with Gasteiger partial charge >= 0.3 is 5.97 Å². The first-order valence-corrected chi connectivity index (χ1v) is 7.17. The summed E-state index contributed by atoms with van der Waals surface area (Å²) in [5.74, 6) is -0.535. The van der Waals surface area contributed by atoms with Gasteiger partial charge in [-0.1, -0.05) is 32.8 Å². The number of unbranched alkanes of at least 4 members (excludes halogenated alkanes) is 2. The van der Waals surface area contributed by atoms with Crippen LogP contribution in [-0.2, 0) is 9.53 Å². The molecule has 0 heterocycles. The second kappa shape index (κ2) is 12.1. The topological polar surface area (TPSA) is 26.3 Å². The average molecular weight is 276 g/mol. The monoisotopic (exact) mass is 276 g/mol. The Labute approximate surface area is 115 Å². The van der Waals surface area contributed by atoms with Crippen molar-refractivity contribution in [2.45, 2.75) is 70.6 Å². The fourth-order valence-electron chi connectivity index (χ4n) is 1.81. The molecule has 0 bridgehead atoms. The highest BCUT2D eigenvalue weighted by Gasteiger charge is 2.10. The lowest BCUT2D eigenvalue weighted by Gasteiger charge is -2.10. The molecule has 0 fully saturated rings. The van der Waals surface area contributed by atoms with E-state index < -0.39 is 18.3 Å². The average Bonchev–Trinajstić information content (AvgIpc) is 2.38. The smallest absolute Gasteiger partial charge is 0.330 e. The highest BCUT2D eigenvalue weighted by atomic mass is 19.1. The summed E-state index contributed by atoms with van der Waals surface area (Å²) in [5, 5.41) is 0. The van der Waals surface area contributed by atoms with E-state index in [1.54, 1.807) is 0 Å². The number of hydrogen-bond donors (Lipinski definition) is 0. The number of esters is 1. The van der Waals surface area contributed by atoms with E-state index in [0.29, 0.717) is 25.7 Å². The van der Waals surface area contributed by atoms with Crippen molar-refractivity contribution < 1.29 is 18.3 Å². The van der Waals surface area contributed by atoms with Crippen LogP contribution in [0.25, 0.3) is 0 Å². The van der Waals surface area contributed by atoms with Crippen LogP contribution in [0.15, 0.2) is 12.7 Å². The van der Waals surface area contributed by atoms with Gasteiger partial charge in [-0.05, 0) is 25.7 Å². The Balaban J connectivity index is 3.43. The van der Waals surface area contributed by atoms with Crippen molar-refractivity contribution in [1.82, 2.24) is 0 Å². The number of alkyl halides is 2. The van der Waals surface area contributed by atoms with Gasteiger partial charge in [0.15, 0.2) is 0 Å². The molecule has 0 aromatic carbocycles. The van der Waals surface area contributed by atoms with E-state index in [1.807, 2.05) is 0 Å². The summed E-state index contributed by atoms with van der Waals surface area (Å²) in [4.78, 5) is 10.7. The van der Waals surface area contributed by atoms with Crippen LogP contribution in [-0.4, -0.2) is 24.9 Å². The predicted molar refractivity (Wildman–Crippen MR) is 73.6 cm³/mol. The molecule has 0 saturated heterocycles. The van der Waals surface area contributed by atoms with Gasteiger partial charge in [-0.2, -0.15) is 0 Å². The van der Waals surface area contributed by atoms with Gasteiger partial charge in [-0.3, -0.25) is 0 Å². The minimum absolute atomic E-state index is 0.0571. The van der Waals surface area contributed by atoms with Crippen LogP contribution in [0.1, 0.15) is 58.3 Å². The third-order valence-electron chi connectivity index (χ3n) is 3.00. The molecule has 0 aliphatic rings. The van der Waals surface area contributed by atoms with Gasteiger partial charge in [0, 0.05) is 12.5 Å². The van der Waals surface area contributed by atoms with Crippen LogP contribution >= 0.6 is 0 Å². The highest BCUT2D eigenvalue weighted by Crippen LogP contribution is 2.16. The molecule has 0 aliphatic carbocycles. The van der Waals surface area contributed by atoms with E-state index in [2.05, 4.69) is 18.2 Å². The summed E-state index contributed by atoms with van der Waals surface area (Å²) in [7, 11) is 0. The lowest BCUT2D eigenvalue weighted by molar-refractivity contribution is -0.138. The fraction of sp³-hybridized carbons (Fsp3) is 0.800. The van der Waals surface area contributed by atoms with E-state index in [4.69, 9.17) is 0 Å². The molecule has 4 heteroatoms. The maximum absolute atomic E-state index is 13.4. The van der Waals surface area contributed by atoms with E-state index >= 15 is 0 Å². The minimum Gasteiger partial charge on any atom is -0.462 e. The number of hydrogen-bond acceptors (Lipinski definition) is 2. The van der Waals surface area contributed by atoms with E-state index in [9.17, 15) is 13.6 Å². The van der Waals surface area contributed by atoms with Crippen molar-refractivity contribution in [1.29, 1.82) is 0 Å². The standard InChI is InChI=1S/C15H26F2O2/c1-3-5-6-8-13(16)9-7-10-14(17)11-12-19-15(18)4-2/h4,13-14H,2-3,5-12H2,1H3. The molecule has 19 heavy (non-hydrogen) atoms. The second-order valence-corrected chi connectivity index (χ2v) is 4.78. The van der Waals surface area contributed by atoms with Crippen LogP contribution < -0.4 is 0 Å². The zero-order valence-electron chi connectivity index (χ0n) is 11.9. The molecule has 2 unspecified atom stereocenters. The Morgan fingerprint density at radius 3 is 2.26 bits per heavy atom. The predicted octanol–water partition coefficient (Wildman–Crippen LogP) is 4.53. The van der Waals surface area contributed by atoms with E-state index in [1.165, 1.54) is 0 Å². The minimum atomic E-state index is -1.03. The maximum Gasteiger partial charge on any atom is 0.330 e. The first kappa shape index (κ1) is 18.1. The van der Waals surface area contributed by atoms with Crippen molar-refractivity contribution in [2.75, 3.05) is 6.61 Å². The van der Waals surface area contributed by atoms with Crippen LogP contribution in [0.5, 0.6) is 0 Å². The highest BCUT2D eigenvalue weighted by molar-refractivity contribution is 5.81. The Morgan fingerprint density at radius 1 is 1.11 bits per heavy atom. The first-order chi connectivity index (χ1) is 9.10. The Hall–Kier alpha value is -0.930. The van der Waals surface area contributed by atoms with Gasteiger partial charge in [-0.15, -0.1) is 0 Å². The Kier molecular flexibility index (Phi) is 11.5. The van der Waals surface area contributed by atoms with Crippen LogP contribution in [0.2, 0.25) is 0 Å². The zero-order valence-corrected chi connectivity index (χ0v) is 11.9. The van der Waals surface area contributed by atoms with Crippen molar-refractivity contribution in [3.05, 3.63) is 12.7 Å². The van der Waals surface area contributed by atoms with Gasteiger partial charge in [-0.25, -0.2) is 13.6 Å². The third-order valence-corrected chi connectivity index (χ3v) is 3.00.